The van der Waals surface area contributed by atoms with Crippen LogP contribution in [0.3, 0.4) is 0 Å². The molecular weight excluding hydrogens is 207 g/mol. The number of fused-ring (bicyclic) bond motifs is 1. The Morgan fingerprint density at radius 2 is 2.10 bits per heavy atom. The van der Waals surface area contributed by atoms with Gasteiger partial charge in [-0.3, -0.25) is 0 Å². The van der Waals surface area contributed by atoms with Gasteiger partial charge < -0.3 is 0 Å². The lowest BCUT2D eigenvalue weighted by Crippen LogP contribution is -1.46. The maximum absolute atomic E-state index is 12.5. The Morgan fingerprint density at radius 3 is 2.80 bits per heavy atom. The molecule has 0 fully saturated rings. The molecule has 0 saturated carbocycles. The maximum Gasteiger partial charge on any atom is 0.179 e. The van der Waals surface area contributed by atoms with Gasteiger partial charge in [-0.15, -0.1) is 22.7 Å². The zero-order valence-electron chi connectivity index (χ0n) is 4.59. The van der Waals surface area contributed by atoms with Crippen LogP contribution in [0.4, 0.5) is 4.39 Å². The summed E-state index contributed by atoms with van der Waals surface area (Å²) >= 11 is 9.06. The lowest BCUT2D eigenvalue weighted by atomic mass is 10.7. The predicted octanol–water partition coefficient (Wildman–Crippen LogP) is 3.89. The van der Waals surface area contributed by atoms with E-state index in [1.807, 2.05) is 0 Å². The lowest BCUT2D eigenvalue weighted by Gasteiger charge is -1.65. The summed E-state index contributed by atoms with van der Waals surface area (Å²) in [6.45, 7) is 0. The van der Waals surface area contributed by atoms with Gasteiger partial charge in [-0.1, -0.05) is 23.6 Å². The molecule has 2 rings (SSSR count). The van der Waals surface area contributed by atoms with Crippen LogP contribution in [-0.4, -0.2) is 0 Å². The van der Waals surface area contributed by atoms with Crippen molar-refractivity contribution >= 4 is 54.9 Å². The van der Waals surface area contributed by atoms with Crippen molar-refractivity contribution in [3.8, 4) is 0 Å². The highest BCUT2D eigenvalue weighted by Gasteiger charge is 2.02. The fourth-order valence-corrected chi connectivity index (χ4v) is 4.66. The van der Waals surface area contributed by atoms with Crippen LogP contribution in [0.5, 0.6) is 0 Å². The Balaban J connectivity index is 2.95. The molecule has 2 aromatic heterocycles. The minimum atomic E-state index is -0.118. The second-order valence-electron chi connectivity index (χ2n) is 1.66. The van der Waals surface area contributed by atoms with Crippen LogP contribution < -0.4 is 0 Å². The summed E-state index contributed by atoms with van der Waals surface area (Å²) in [6.07, 6.45) is 0. The van der Waals surface area contributed by atoms with Crippen molar-refractivity contribution in [3.05, 3.63) is 14.3 Å². The average Bonchev–Trinajstić information content (AvgIpc) is 2.21. The number of halogens is 1. The number of thiophene rings is 1. The number of hydrogen-bond donors (Lipinski definition) is 0. The second kappa shape index (κ2) is 2.34. The molecule has 0 aromatic carbocycles. The summed E-state index contributed by atoms with van der Waals surface area (Å²) in [5.74, 6) is 0. The molecule has 0 spiro atoms. The van der Waals surface area contributed by atoms with E-state index in [0.29, 0.717) is 0 Å². The van der Waals surface area contributed by atoms with Gasteiger partial charge in [-0.2, -0.15) is 4.39 Å². The third kappa shape index (κ3) is 1.03. The minimum Gasteiger partial charge on any atom is -0.195 e. The number of rotatable bonds is 0. The van der Waals surface area contributed by atoms with Crippen LogP contribution >= 0.6 is 46.2 Å². The summed E-state index contributed by atoms with van der Waals surface area (Å²) < 4.78 is 15.4. The van der Waals surface area contributed by atoms with Crippen LogP contribution in [-0.2, 0) is 0 Å². The van der Waals surface area contributed by atoms with Crippen molar-refractivity contribution in [1.82, 2.24) is 0 Å². The zero-order valence-corrected chi connectivity index (χ0v) is 7.85. The van der Waals surface area contributed by atoms with Gasteiger partial charge in [0.25, 0.3) is 0 Å². The highest BCUT2D eigenvalue weighted by atomic mass is 32.2. The van der Waals surface area contributed by atoms with Crippen molar-refractivity contribution < 1.29 is 4.39 Å². The van der Waals surface area contributed by atoms with Gasteiger partial charge in [0.2, 0.25) is 0 Å². The molecule has 0 atom stereocenters. The van der Waals surface area contributed by atoms with Gasteiger partial charge in [-0.05, 0) is 0 Å². The molecule has 0 aliphatic carbocycles. The second-order valence-corrected chi connectivity index (χ2v) is 6.17. The van der Waals surface area contributed by atoms with Crippen LogP contribution in [0.15, 0.2) is 6.07 Å². The Morgan fingerprint density at radius 1 is 1.30 bits per heavy atom. The fourth-order valence-electron chi connectivity index (χ4n) is 0.659. The zero-order chi connectivity index (χ0) is 7.14. The quantitative estimate of drug-likeness (QED) is 0.592. The molecule has 2 heterocycles. The molecule has 0 amide bonds. The van der Waals surface area contributed by atoms with Gasteiger partial charge in [0.05, 0.1) is 4.70 Å². The van der Waals surface area contributed by atoms with Crippen LogP contribution in [0.25, 0.3) is 8.71 Å². The van der Waals surface area contributed by atoms with Gasteiger partial charge in [-0.25, -0.2) is 0 Å². The van der Waals surface area contributed by atoms with Crippen LogP contribution in [0.2, 0.25) is 0 Å². The van der Waals surface area contributed by atoms with Crippen molar-refractivity contribution in [3.63, 3.8) is 0 Å². The normalized spacial score (nSPS) is 10.9. The van der Waals surface area contributed by atoms with E-state index in [1.165, 1.54) is 40.1 Å². The topological polar surface area (TPSA) is 0 Å². The van der Waals surface area contributed by atoms with E-state index in [4.69, 9.17) is 12.2 Å². The molecule has 0 aliphatic rings. The molecule has 0 aliphatic heterocycles. The Labute approximate surface area is 73.6 Å². The molecule has 0 N–H and O–H groups in total. The van der Waals surface area contributed by atoms with E-state index in [9.17, 15) is 4.39 Å². The third-order valence-electron chi connectivity index (χ3n) is 1.01. The standard InChI is InChI=1S/C5HFS4/c6-3-1-2-4(9-3)10-5(7)8-2/h1H. The third-order valence-corrected chi connectivity index (χ3v) is 4.76. The maximum atomic E-state index is 12.5. The van der Waals surface area contributed by atoms with Crippen molar-refractivity contribution in [2.24, 2.45) is 0 Å². The van der Waals surface area contributed by atoms with Crippen LogP contribution in [0.1, 0.15) is 0 Å². The van der Waals surface area contributed by atoms with Crippen LogP contribution in [0, 0.1) is 8.27 Å². The van der Waals surface area contributed by atoms with Crippen molar-refractivity contribution in [1.29, 1.82) is 0 Å². The largest absolute Gasteiger partial charge is 0.195 e. The van der Waals surface area contributed by atoms with E-state index >= 15 is 0 Å². The van der Waals surface area contributed by atoms with E-state index in [2.05, 4.69) is 0 Å². The molecule has 10 heavy (non-hydrogen) atoms. The summed E-state index contributed by atoms with van der Waals surface area (Å²) in [7, 11) is 0. The highest BCUT2D eigenvalue weighted by molar-refractivity contribution is 7.77. The first-order chi connectivity index (χ1) is 4.75. The Hall–Kier alpha value is 0.160. The van der Waals surface area contributed by atoms with E-state index < -0.39 is 0 Å². The molecule has 0 unspecified atom stereocenters. The van der Waals surface area contributed by atoms with Gasteiger partial charge >= 0.3 is 0 Å². The van der Waals surface area contributed by atoms with Gasteiger partial charge in [0.1, 0.15) is 7.15 Å². The SMILES string of the molecule is Fc1cc2sc(=S)sc2s1. The van der Waals surface area contributed by atoms with E-state index in [1.54, 1.807) is 0 Å². The monoisotopic (exact) mass is 208 g/mol. The molecule has 0 radical (unpaired) electrons. The van der Waals surface area contributed by atoms with E-state index in [0.717, 1.165) is 11.9 Å². The highest BCUT2D eigenvalue weighted by Crippen LogP contribution is 2.34. The average molecular weight is 208 g/mol. The summed E-state index contributed by atoms with van der Waals surface area (Å²) in [6, 6.07) is 1.54. The fraction of sp³-hybridized carbons (Fsp3) is 0. The first kappa shape index (κ1) is 6.84. The van der Waals surface area contributed by atoms with E-state index in [-0.39, 0.29) is 5.13 Å². The molecule has 0 saturated heterocycles. The Kier molecular flexibility index (Phi) is 1.60. The number of hydrogen-bond acceptors (Lipinski definition) is 4. The van der Waals surface area contributed by atoms with Gasteiger partial charge in [0.15, 0.2) is 5.13 Å². The summed E-state index contributed by atoms with van der Waals surface area (Å²) in [4.78, 5) is 0. The molecule has 5 heteroatoms. The van der Waals surface area contributed by atoms with Gasteiger partial charge in [0, 0.05) is 6.07 Å². The molecule has 0 bridgehead atoms. The molecular formula is C5HFS4. The van der Waals surface area contributed by atoms with Crippen molar-refractivity contribution in [2.45, 2.75) is 0 Å². The lowest BCUT2D eigenvalue weighted by molar-refractivity contribution is 0.658. The molecule has 52 valence electrons. The minimum absolute atomic E-state index is 0.118. The summed E-state index contributed by atoms with van der Waals surface area (Å²) in [5.41, 5.74) is 0. The van der Waals surface area contributed by atoms with Crippen molar-refractivity contribution in [2.75, 3.05) is 0 Å². The molecule has 2 aromatic rings. The molecule has 0 nitrogen and oxygen atoms in total. The first-order valence-corrected chi connectivity index (χ1v) is 5.30. The first-order valence-electron chi connectivity index (χ1n) is 2.45. The smallest absolute Gasteiger partial charge is 0.179 e. The predicted molar refractivity (Wildman–Crippen MR) is 48.4 cm³/mol. The Bertz CT molecular complexity index is 372. The summed E-state index contributed by atoms with van der Waals surface area (Å²) in [5, 5.41) is -0.118.